The van der Waals surface area contributed by atoms with E-state index in [2.05, 4.69) is 15.4 Å². The second-order valence-electron chi connectivity index (χ2n) is 7.24. The van der Waals surface area contributed by atoms with E-state index in [0.717, 1.165) is 24.1 Å². The Morgan fingerprint density at radius 2 is 1.93 bits per heavy atom. The van der Waals surface area contributed by atoms with Crippen molar-refractivity contribution < 1.29 is 19.1 Å². The van der Waals surface area contributed by atoms with Crippen LogP contribution in [0, 0.1) is 5.92 Å². The predicted molar refractivity (Wildman–Crippen MR) is 111 cm³/mol. The summed E-state index contributed by atoms with van der Waals surface area (Å²) in [4.78, 5) is 35.1. The number of nitrogens with zero attached hydrogens (tertiary/aromatic N) is 4. The average Bonchev–Trinajstić information content (AvgIpc) is 3.29. The highest BCUT2D eigenvalue weighted by atomic mass is 31.2. The molecule has 4 aromatic rings. The fourth-order valence-corrected chi connectivity index (χ4v) is 3.78. The Morgan fingerprint density at radius 3 is 2.67 bits per heavy atom. The van der Waals surface area contributed by atoms with Gasteiger partial charge in [0.25, 0.3) is 0 Å². The summed E-state index contributed by atoms with van der Waals surface area (Å²) in [5, 5.41) is 6.86. The Kier molecular flexibility index (Phi) is 4.32. The van der Waals surface area contributed by atoms with Gasteiger partial charge in [-0.3, -0.25) is 13.8 Å². The van der Waals surface area contributed by atoms with Crippen molar-refractivity contribution in [1.29, 1.82) is 0 Å². The van der Waals surface area contributed by atoms with Gasteiger partial charge in [0, 0.05) is 17.7 Å². The second kappa shape index (κ2) is 6.91. The van der Waals surface area contributed by atoms with Gasteiger partial charge in [-0.1, -0.05) is 18.2 Å². The lowest BCUT2D eigenvalue weighted by Gasteiger charge is -2.08. The Morgan fingerprint density at radius 1 is 1.13 bits per heavy atom. The van der Waals surface area contributed by atoms with Crippen molar-refractivity contribution >= 4 is 30.4 Å². The zero-order chi connectivity index (χ0) is 20.9. The van der Waals surface area contributed by atoms with E-state index in [9.17, 15) is 19.1 Å². The normalized spacial score (nSPS) is 14.2. The molecule has 0 radical (unpaired) electrons. The molecule has 0 aliphatic heterocycles. The smallest absolute Gasteiger partial charge is 0.320 e. The topological polar surface area (TPSA) is 122 Å². The van der Waals surface area contributed by atoms with Gasteiger partial charge in [-0.15, -0.1) is 0 Å². The second-order valence-corrected chi connectivity index (χ2v) is 8.79. The quantitative estimate of drug-likeness (QED) is 0.424. The summed E-state index contributed by atoms with van der Waals surface area (Å²) in [7, 11) is -4.41. The van der Waals surface area contributed by atoms with Crippen molar-refractivity contribution in [2.75, 3.05) is 5.32 Å². The SMILES string of the molecule is O=C(Nc1cn2c(-c3cccc(-n4ccc(P(=O)(O)O)n4)c3)cccc2n1)C1CC1. The third-order valence-corrected chi connectivity index (χ3v) is 5.81. The first kappa shape index (κ1) is 18.7. The summed E-state index contributed by atoms with van der Waals surface area (Å²) in [5.41, 5.74) is 2.80. The van der Waals surface area contributed by atoms with Crippen LogP contribution >= 0.6 is 7.60 Å². The number of nitrogens with one attached hydrogen (secondary N) is 1. The monoisotopic (exact) mass is 423 g/mol. The highest BCUT2D eigenvalue weighted by Gasteiger charge is 2.30. The molecule has 0 bridgehead atoms. The van der Waals surface area contributed by atoms with E-state index in [1.807, 2.05) is 40.8 Å². The number of aromatic nitrogens is 4. The molecule has 0 spiro atoms. The predicted octanol–water partition coefficient (Wildman–Crippen LogP) is 2.34. The summed E-state index contributed by atoms with van der Waals surface area (Å²) >= 11 is 0. The molecular weight excluding hydrogens is 405 g/mol. The van der Waals surface area contributed by atoms with E-state index in [1.165, 1.54) is 16.9 Å². The van der Waals surface area contributed by atoms with Crippen LogP contribution in [0.2, 0.25) is 0 Å². The van der Waals surface area contributed by atoms with Gasteiger partial charge in [-0.2, -0.15) is 5.10 Å². The molecular formula is C20H18N5O4P. The van der Waals surface area contributed by atoms with E-state index in [-0.39, 0.29) is 17.3 Å². The molecule has 1 aliphatic rings. The first-order valence-corrected chi connectivity index (χ1v) is 11.0. The summed E-state index contributed by atoms with van der Waals surface area (Å²) in [6.07, 6.45) is 5.15. The van der Waals surface area contributed by atoms with Crippen LogP contribution in [0.1, 0.15) is 12.8 Å². The Balaban J connectivity index is 1.51. The van der Waals surface area contributed by atoms with Gasteiger partial charge in [0.1, 0.15) is 5.65 Å². The number of carbonyl (C=O) groups is 1. The summed E-state index contributed by atoms with van der Waals surface area (Å²) < 4.78 is 14.7. The number of hydrogen-bond donors (Lipinski definition) is 3. The third-order valence-electron chi connectivity index (χ3n) is 4.97. The third kappa shape index (κ3) is 3.54. The fourth-order valence-electron chi connectivity index (χ4n) is 3.30. The molecule has 0 saturated heterocycles. The van der Waals surface area contributed by atoms with Crippen molar-refractivity contribution in [1.82, 2.24) is 19.2 Å². The van der Waals surface area contributed by atoms with Crippen molar-refractivity contribution in [3.05, 3.63) is 60.9 Å². The number of imidazole rings is 1. The molecule has 3 N–H and O–H groups in total. The molecule has 30 heavy (non-hydrogen) atoms. The first-order valence-electron chi connectivity index (χ1n) is 9.40. The highest BCUT2D eigenvalue weighted by Crippen LogP contribution is 2.32. The van der Waals surface area contributed by atoms with Crippen molar-refractivity contribution in [2.45, 2.75) is 12.8 Å². The van der Waals surface area contributed by atoms with Crippen LogP contribution in [0.25, 0.3) is 22.6 Å². The molecule has 1 aromatic carbocycles. The maximum atomic E-state index is 12.1. The molecule has 10 heteroatoms. The molecule has 1 aliphatic carbocycles. The van der Waals surface area contributed by atoms with Crippen molar-refractivity contribution in [3.63, 3.8) is 0 Å². The maximum absolute atomic E-state index is 12.1. The zero-order valence-electron chi connectivity index (χ0n) is 15.7. The lowest BCUT2D eigenvalue weighted by atomic mass is 10.1. The summed E-state index contributed by atoms with van der Waals surface area (Å²) in [6.45, 7) is 0. The first-order chi connectivity index (χ1) is 14.4. The molecule has 5 rings (SSSR count). The maximum Gasteiger partial charge on any atom is 0.376 e. The Labute approximate surface area is 171 Å². The van der Waals surface area contributed by atoms with Gasteiger partial charge >= 0.3 is 7.60 Å². The molecule has 0 unspecified atom stereocenters. The number of benzene rings is 1. The van der Waals surface area contributed by atoms with Crippen LogP contribution in [0.3, 0.4) is 0 Å². The van der Waals surface area contributed by atoms with Crippen molar-refractivity contribution in [2.24, 2.45) is 5.92 Å². The van der Waals surface area contributed by atoms with Gasteiger partial charge in [-0.25, -0.2) is 9.67 Å². The zero-order valence-corrected chi connectivity index (χ0v) is 16.6. The number of pyridine rings is 1. The van der Waals surface area contributed by atoms with Gasteiger partial charge in [0.2, 0.25) is 5.91 Å². The van der Waals surface area contributed by atoms with Crippen LogP contribution in [0.15, 0.2) is 60.9 Å². The minimum absolute atomic E-state index is 0.00138. The number of rotatable bonds is 5. The largest absolute Gasteiger partial charge is 0.376 e. The lowest BCUT2D eigenvalue weighted by molar-refractivity contribution is -0.117. The van der Waals surface area contributed by atoms with Gasteiger partial charge in [0.05, 0.1) is 17.6 Å². The average molecular weight is 423 g/mol. The van der Waals surface area contributed by atoms with Crippen molar-refractivity contribution in [3.8, 4) is 16.9 Å². The molecule has 1 amide bonds. The standard InChI is InChI=1S/C20H18N5O4P/c26-20(13-7-8-13)22-17-12-24-16(5-2-6-18(24)21-17)14-3-1-4-15(11-14)25-10-9-19(23-25)30(27,28)29/h1-6,9-13H,7-8H2,(H,22,26)(H2,27,28,29). The van der Waals surface area contributed by atoms with Crippen LogP contribution in [0.5, 0.6) is 0 Å². The number of hydrogen-bond acceptors (Lipinski definition) is 4. The fraction of sp³-hybridized carbons (Fsp3) is 0.150. The Bertz CT molecular complexity index is 1320. The van der Waals surface area contributed by atoms with Gasteiger partial charge < -0.3 is 15.1 Å². The van der Waals surface area contributed by atoms with Crippen LogP contribution < -0.4 is 10.8 Å². The molecule has 1 fully saturated rings. The minimum atomic E-state index is -4.41. The van der Waals surface area contributed by atoms with Gasteiger partial charge in [0.15, 0.2) is 11.3 Å². The molecule has 1 saturated carbocycles. The van der Waals surface area contributed by atoms with E-state index >= 15 is 0 Å². The number of carbonyl (C=O) groups excluding carboxylic acids is 1. The molecule has 152 valence electrons. The Hall–Kier alpha value is -3.26. The molecule has 9 nitrogen and oxygen atoms in total. The van der Waals surface area contributed by atoms with Gasteiger partial charge in [-0.05, 0) is 43.2 Å². The van der Waals surface area contributed by atoms with Crippen LogP contribution in [-0.2, 0) is 9.36 Å². The molecule has 3 heterocycles. The summed E-state index contributed by atoms with van der Waals surface area (Å²) in [6, 6.07) is 14.4. The molecule has 3 aromatic heterocycles. The number of fused-ring (bicyclic) bond motifs is 1. The van der Waals surface area contributed by atoms with Crippen LogP contribution in [-0.4, -0.2) is 34.9 Å². The van der Waals surface area contributed by atoms with E-state index < -0.39 is 7.60 Å². The number of anilines is 1. The lowest BCUT2D eigenvalue weighted by Crippen LogP contribution is -2.13. The van der Waals surface area contributed by atoms with E-state index in [1.54, 1.807) is 12.3 Å². The number of amides is 1. The van der Waals surface area contributed by atoms with Crippen LogP contribution in [0.4, 0.5) is 5.82 Å². The molecule has 0 atom stereocenters. The highest BCUT2D eigenvalue weighted by molar-refractivity contribution is 7.60. The summed E-state index contributed by atoms with van der Waals surface area (Å²) in [5.74, 6) is 0.605. The van der Waals surface area contributed by atoms with E-state index in [4.69, 9.17) is 0 Å². The van der Waals surface area contributed by atoms with E-state index in [0.29, 0.717) is 17.2 Å². The minimum Gasteiger partial charge on any atom is -0.320 e.